The highest BCUT2D eigenvalue weighted by Crippen LogP contribution is 2.16. The van der Waals surface area contributed by atoms with Gasteiger partial charge < -0.3 is 9.73 Å². The van der Waals surface area contributed by atoms with Crippen LogP contribution >= 0.6 is 0 Å². The first-order chi connectivity index (χ1) is 7.79. The predicted octanol–water partition coefficient (Wildman–Crippen LogP) is 2.30. The summed E-state index contributed by atoms with van der Waals surface area (Å²) in [6.45, 7) is 0.350. The molecule has 0 radical (unpaired) electrons. The zero-order valence-electron chi connectivity index (χ0n) is 8.27. The number of hydrogen-bond donors (Lipinski definition) is 1. The van der Waals surface area contributed by atoms with Crippen LogP contribution < -0.4 is 5.32 Å². The minimum atomic E-state index is -0.460. The van der Waals surface area contributed by atoms with Crippen molar-refractivity contribution < 1.29 is 8.81 Å². The van der Waals surface area contributed by atoms with E-state index in [0.29, 0.717) is 23.6 Å². The predicted molar refractivity (Wildman–Crippen MR) is 54.9 cm³/mol. The average molecular weight is 217 g/mol. The van der Waals surface area contributed by atoms with Crippen molar-refractivity contribution in [1.82, 2.24) is 4.98 Å². The van der Waals surface area contributed by atoms with E-state index in [1.54, 1.807) is 12.3 Å². The molecule has 2 rings (SSSR count). The molecular formula is C11H8FN3O. The highest BCUT2D eigenvalue weighted by Gasteiger charge is 2.04. The van der Waals surface area contributed by atoms with Gasteiger partial charge in [0.15, 0.2) is 6.39 Å². The van der Waals surface area contributed by atoms with Crippen LogP contribution in [0.15, 0.2) is 35.2 Å². The van der Waals surface area contributed by atoms with Crippen LogP contribution in [0.4, 0.5) is 10.1 Å². The van der Waals surface area contributed by atoms with Gasteiger partial charge in [0.25, 0.3) is 0 Å². The van der Waals surface area contributed by atoms with E-state index in [-0.39, 0.29) is 0 Å². The Morgan fingerprint density at radius 2 is 2.38 bits per heavy atom. The second-order valence-corrected chi connectivity index (χ2v) is 3.13. The summed E-state index contributed by atoms with van der Waals surface area (Å²) in [7, 11) is 0. The minimum absolute atomic E-state index is 0.294. The van der Waals surface area contributed by atoms with Gasteiger partial charge in [-0.05, 0) is 18.2 Å². The van der Waals surface area contributed by atoms with E-state index >= 15 is 0 Å². The molecule has 0 spiro atoms. The summed E-state index contributed by atoms with van der Waals surface area (Å²) < 4.78 is 18.4. The molecule has 1 aromatic carbocycles. The number of anilines is 1. The van der Waals surface area contributed by atoms with Gasteiger partial charge in [0, 0.05) is 0 Å². The number of oxazole rings is 1. The van der Waals surface area contributed by atoms with E-state index in [4.69, 9.17) is 9.68 Å². The second-order valence-electron chi connectivity index (χ2n) is 3.13. The molecule has 0 saturated carbocycles. The lowest BCUT2D eigenvalue weighted by atomic mass is 10.2. The lowest BCUT2D eigenvalue weighted by Gasteiger charge is -2.05. The van der Waals surface area contributed by atoms with Crippen molar-refractivity contribution in [2.24, 2.45) is 0 Å². The molecule has 5 heteroatoms. The van der Waals surface area contributed by atoms with Crippen LogP contribution in [0.2, 0.25) is 0 Å². The zero-order chi connectivity index (χ0) is 11.4. The maximum absolute atomic E-state index is 13.4. The van der Waals surface area contributed by atoms with Crippen LogP contribution in [0.3, 0.4) is 0 Å². The van der Waals surface area contributed by atoms with Crippen molar-refractivity contribution in [2.45, 2.75) is 6.54 Å². The van der Waals surface area contributed by atoms with Crippen molar-refractivity contribution in [3.8, 4) is 6.07 Å². The lowest BCUT2D eigenvalue weighted by molar-refractivity contribution is 0.511. The molecule has 0 fully saturated rings. The molecule has 0 aliphatic rings. The van der Waals surface area contributed by atoms with Gasteiger partial charge in [0.05, 0.1) is 30.1 Å². The van der Waals surface area contributed by atoms with Gasteiger partial charge in [0.1, 0.15) is 11.6 Å². The molecule has 0 unspecified atom stereocenters. The van der Waals surface area contributed by atoms with Crippen LogP contribution in [0.5, 0.6) is 0 Å². The molecule has 1 N–H and O–H groups in total. The van der Waals surface area contributed by atoms with Gasteiger partial charge in [-0.25, -0.2) is 9.37 Å². The Morgan fingerprint density at radius 1 is 1.50 bits per heavy atom. The van der Waals surface area contributed by atoms with E-state index < -0.39 is 5.82 Å². The number of benzene rings is 1. The van der Waals surface area contributed by atoms with Crippen LogP contribution in [-0.4, -0.2) is 4.98 Å². The Balaban J connectivity index is 2.08. The molecule has 4 nitrogen and oxygen atoms in total. The smallest absolute Gasteiger partial charge is 0.180 e. The van der Waals surface area contributed by atoms with Crippen LogP contribution in [-0.2, 0) is 6.54 Å². The Labute approximate surface area is 91.3 Å². The number of nitrogens with one attached hydrogen (secondary N) is 1. The fraction of sp³-hybridized carbons (Fsp3) is 0.0909. The fourth-order valence-electron chi connectivity index (χ4n) is 1.24. The molecule has 80 valence electrons. The van der Waals surface area contributed by atoms with Gasteiger partial charge in [0.2, 0.25) is 0 Å². The number of halogens is 1. The third-order valence-electron chi connectivity index (χ3n) is 2.03. The summed E-state index contributed by atoms with van der Waals surface area (Å²) in [5.41, 5.74) is 0.623. The fourth-order valence-corrected chi connectivity index (χ4v) is 1.24. The zero-order valence-corrected chi connectivity index (χ0v) is 8.27. The van der Waals surface area contributed by atoms with Gasteiger partial charge in [-0.15, -0.1) is 0 Å². The van der Waals surface area contributed by atoms with E-state index in [2.05, 4.69) is 10.3 Å². The van der Waals surface area contributed by atoms with Crippen molar-refractivity contribution >= 4 is 5.69 Å². The summed E-state index contributed by atoms with van der Waals surface area (Å²) in [5, 5.41) is 11.4. The van der Waals surface area contributed by atoms with Gasteiger partial charge in [-0.1, -0.05) is 0 Å². The maximum Gasteiger partial charge on any atom is 0.180 e. The van der Waals surface area contributed by atoms with Crippen molar-refractivity contribution in [2.75, 3.05) is 5.32 Å². The number of nitriles is 1. The molecule has 0 aliphatic carbocycles. The number of aromatic nitrogens is 1. The van der Waals surface area contributed by atoms with Gasteiger partial charge in [-0.2, -0.15) is 5.26 Å². The van der Waals surface area contributed by atoms with E-state index in [1.165, 1.54) is 18.5 Å². The van der Waals surface area contributed by atoms with E-state index in [9.17, 15) is 4.39 Å². The summed E-state index contributed by atoms with van der Waals surface area (Å²) >= 11 is 0. The van der Waals surface area contributed by atoms with Gasteiger partial charge in [-0.3, -0.25) is 0 Å². The minimum Gasteiger partial charge on any atom is -0.447 e. The number of nitrogens with zero attached hydrogens (tertiary/aromatic N) is 2. The molecule has 0 saturated heterocycles. The quantitative estimate of drug-likeness (QED) is 0.856. The third-order valence-corrected chi connectivity index (χ3v) is 2.03. The van der Waals surface area contributed by atoms with Crippen molar-refractivity contribution in [3.05, 3.63) is 47.9 Å². The second kappa shape index (κ2) is 4.45. The SMILES string of the molecule is N#Cc1ccc(NCc2cnco2)c(F)c1. The topological polar surface area (TPSA) is 61.9 Å². The van der Waals surface area contributed by atoms with Crippen molar-refractivity contribution in [3.63, 3.8) is 0 Å². The molecule has 1 aromatic heterocycles. The average Bonchev–Trinajstić information content (AvgIpc) is 2.80. The van der Waals surface area contributed by atoms with Gasteiger partial charge >= 0.3 is 0 Å². The van der Waals surface area contributed by atoms with Crippen LogP contribution in [0.25, 0.3) is 0 Å². The first kappa shape index (κ1) is 10.2. The van der Waals surface area contributed by atoms with Crippen molar-refractivity contribution in [1.29, 1.82) is 5.26 Å². The molecule has 0 aliphatic heterocycles. The molecule has 0 amide bonds. The molecule has 0 atom stereocenters. The van der Waals surface area contributed by atoms with Crippen LogP contribution in [0.1, 0.15) is 11.3 Å². The number of hydrogen-bond acceptors (Lipinski definition) is 4. The normalized spacial score (nSPS) is 9.75. The highest BCUT2D eigenvalue weighted by atomic mass is 19.1. The standard InChI is InChI=1S/C11H8FN3O/c12-10-3-8(4-13)1-2-11(10)15-6-9-5-14-7-16-9/h1-3,5,7,15H,6H2. The Bertz CT molecular complexity index is 517. The lowest BCUT2D eigenvalue weighted by Crippen LogP contribution is -2.00. The summed E-state index contributed by atoms with van der Waals surface area (Å²) in [6.07, 6.45) is 2.86. The third kappa shape index (κ3) is 2.17. The molecule has 0 bridgehead atoms. The summed E-state index contributed by atoms with van der Waals surface area (Å²) in [4.78, 5) is 3.74. The van der Waals surface area contributed by atoms with Crippen LogP contribution in [0, 0.1) is 17.1 Å². The van der Waals surface area contributed by atoms with E-state index in [0.717, 1.165) is 0 Å². The summed E-state index contributed by atoms with van der Waals surface area (Å²) in [6, 6.07) is 6.12. The monoisotopic (exact) mass is 217 g/mol. The van der Waals surface area contributed by atoms with E-state index in [1.807, 2.05) is 6.07 Å². The Kier molecular flexibility index (Phi) is 2.83. The Morgan fingerprint density at radius 3 is 3.00 bits per heavy atom. The Hall–Kier alpha value is -2.35. The molecular weight excluding hydrogens is 209 g/mol. The molecule has 1 heterocycles. The highest BCUT2D eigenvalue weighted by molar-refractivity contribution is 5.48. The summed E-state index contributed by atoms with van der Waals surface area (Å²) in [5.74, 6) is 0.155. The maximum atomic E-state index is 13.4. The molecule has 2 aromatic rings. The largest absolute Gasteiger partial charge is 0.447 e. The molecule has 16 heavy (non-hydrogen) atoms. The first-order valence-electron chi connectivity index (χ1n) is 4.60. The number of rotatable bonds is 3. The first-order valence-corrected chi connectivity index (χ1v) is 4.60.